The molecule has 1 aliphatic heterocycles. The molecule has 2 rings (SSSR count). The Morgan fingerprint density at radius 1 is 1.60 bits per heavy atom. The number of alkyl carbamates (subject to hydrolysis) is 1. The minimum Gasteiger partial charge on any atom is -0.496 e. The fourth-order valence-electron chi connectivity index (χ4n) is 1.57. The van der Waals surface area contributed by atoms with Crippen molar-refractivity contribution in [1.82, 2.24) is 5.32 Å². The van der Waals surface area contributed by atoms with Gasteiger partial charge in [0.2, 0.25) is 0 Å². The van der Waals surface area contributed by atoms with Crippen molar-refractivity contribution >= 4 is 6.09 Å². The number of cyclic esters (lactones) is 1. The van der Waals surface area contributed by atoms with E-state index in [4.69, 9.17) is 9.47 Å². The van der Waals surface area contributed by atoms with Gasteiger partial charge in [0, 0.05) is 0 Å². The Hall–Kier alpha value is -1.78. The number of methoxy groups -OCH3 is 1. The quantitative estimate of drug-likeness (QED) is 0.808. The molecule has 1 fully saturated rings. The highest BCUT2D eigenvalue weighted by molar-refractivity contribution is 5.70. The SMILES string of the molecule is COc1cccc(F)c1[C@@H]1COC(=O)N1. The lowest BCUT2D eigenvalue weighted by molar-refractivity contribution is 0.176. The maximum Gasteiger partial charge on any atom is 0.407 e. The molecular formula is C10H10FNO3. The molecule has 1 aromatic carbocycles. The van der Waals surface area contributed by atoms with E-state index in [9.17, 15) is 9.18 Å². The van der Waals surface area contributed by atoms with Gasteiger partial charge in [0.05, 0.1) is 18.7 Å². The lowest BCUT2D eigenvalue weighted by atomic mass is 10.1. The summed E-state index contributed by atoms with van der Waals surface area (Å²) in [4.78, 5) is 10.8. The molecular weight excluding hydrogens is 201 g/mol. The Bertz CT molecular complexity index is 394. The van der Waals surface area contributed by atoms with Crippen molar-refractivity contribution in [2.75, 3.05) is 13.7 Å². The van der Waals surface area contributed by atoms with Gasteiger partial charge in [0.15, 0.2) is 0 Å². The molecule has 0 radical (unpaired) electrons. The third-order valence-corrected chi connectivity index (χ3v) is 2.25. The van der Waals surface area contributed by atoms with Crippen molar-refractivity contribution in [2.45, 2.75) is 6.04 Å². The van der Waals surface area contributed by atoms with Crippen LogP contribution in [0.2, 0.25) is 0 Å². The van der Waals surface area contributed by atoms with Crippen molar-refractivity contribution in [3.05, 3.63) is 29.6 Å². The van der Waals surface area contributed by atoms with Gasteiger partial charge < -0.3 is 14.8 Å². The summed E-state index contributed by atoms with van der Waals surface area (Å²) < 4.78 is 23.3. The van der Waals surface area contributed by atoms with E-state index in [1.54, 1.807) is 12.1 Å². The molecule has 1 atom stereocenters. The van der Waals surface area contributed by atoms with E-state index in [0.29, 0.717) is 11.3 Å². The van der Waals surface area contributed by atoms with Crippen LogP contribution in [0.25, 0.3) is 0 Å². The van der Waals surface area contributed by atoms with E-state index >= 15 is 0 Å². The van der Waals surface area contributed by atoms with E-state index in [0.717, 1.165) is 0 Å². The van der Waals surface area contributed by atoms with E-state index in [2.05, 4.69) is 5.32 Å². The molecule has 1 aliphatic rings. The highest BCUT2D eigenvalue weighted by atomic mass is 19.1. The minimum atomic E-state index is -0.537. The summed E-state index contributed by atoms with van der Waals surface area (Å²) in [5, 5.41) is 2.50. The molecule has 1 N–H and O–H groups in total. The summed E-state index contributed by atoms with van der Waals surface area (Å²) in [5.74, 6) is -0.00375. The third kappa shape index (κ3) is 1.72. The summed E-state index contributed by atoms with van der Waals surface area (Å²) >= 11 is 0. The predicted molar refractivity (Wildman–Crippen MR) is 50.2 cm³/mol. The Balaban J connectivity index is 2.37. The molecule has 1 amide bonds. The van der Waals surface area contributed by atoms with Crippen LogP contribution in [-0.4, -0.2) is 19.8 Å². The van der Waals surface area contributed by atoms with Gasteiger partial charge >= 0.3 is 6.09 Å². The third-order valence-electron chi connectivity index (χ3n) is 2.25. The maximum atomic E-state index is 13.5. The summed E-state index contributed by atoms with van der Waals surface area (Å²) in [5.41, 5.74) is 0.325. The van der Waals surface area contributed by atoms with Crippen molar-refractivity contribution < 1.29 is 18.7 Å². The average Bonchev–Trinajstić information content (AvgIpc) is 2.64. The van der Waals surface area contributed by atoms with E-state index in [-0.39, 0.29) is 6.61 Å². The standard InChI is InChI=1S/C10H10FNO3/c1-14-8-4-2-3-6(11)9(8)7-5-15-10(13)12-7/h2-4,7H,5H2,1H3,(H,12,13)/t7-/m0/s1. The van der Waals surface area contributed by atoms with E-state index in [1.165, 1.54) is 13.2 Å². The first-order chi connectivity index (χ1) is 7.22. The zero-order valence-corrected chi connectivity index (χ0v) is 8.12. The van der Waals surface area contributed by atoms with Crippen LogP contribution in [0.4, 0.5) is 9.18 Å². The normalized spacial score (nSPS) is 19.6. The molecule has 0 unspecified atom stereocenters. The van der Waals surface area contributed by atoms with Crippen LogP contribution in [0.1, 0.15) is 11.6 Å². The zero-order chi connectivity index (χ0) is 10.8. The maximum absolute atomic E-state index is 13.5. The zero-order valence-electron chi connectivity index (χ0n) is 8.12. The van der Waals surface area contributed by atoms with Crippen molar-refractivity contribution in [3.63, 3.8) is 0 Å². The molecule has 1 heterocycles. The molecule has 0 aliphatic carbocycles. The van der Waals surface area contributed by atoms with Crippen molar-refractivity contribution in [1.29, 1.82) is 0 Å². The number of benzene rings is 1. The lowest BCUT2D eigenvalue weighted by Gasteiger charge is -2.13. The van der Waals surface area contributed by atoms with E-state index < -0.39 is 18.0 Å². The van der Waals surface area contributed by atoms with E-state index in [1.807, 2.05) is 0 Å². The number of nitrogens with one attached hydrogen (secondary N) is 1. The first kappa shape index (κ1) is 9.76. The van der Waals surface area contributed by atoms with Gasteiger partial charge in [-0.25, -0.2) is 9.18 Å². The molecule has 5 heteroatoms. The molecule has 0 bridgehead atoms. The first-order valence-corrected chi connectivity index (χ1v) is 4.48. The Kier molecular flexibility index (Phi) is 2.45. The van der Waals surface area contributed by atoms with Gasteiger partial charge in [0.25, 0.3) is 0 Å². The minimum absolute atomic E-state index is 0.121. The number of amides is 1. The predicted octanol–water partition coefficient (Wildman–Crippen LogP) is 1.62. The average molecular weight is 211 g/mol. The van der Waals surface area contributed by atoms with Crippen LogP contribution in [0.3, 0.4) is 0 Å². The number of ether oxygens (including phenoxy) is 2. The van der Waals surface area contributed by atoms with Crippen LogP contribution in [0.15, 0.2) is 18.2 Å². The number of hydrogen-bond donors (Lipinski definition) is 1. The molecule has 1 aromatic rings. The van der Waals surface area contributed by atoms with Gasteiger partial charge in [-0.15, -0.1) is 0 Å². The summed E-state index contributed by atoms with van der Waals surface area (Å²) in [6, 6.07) is 4.04. The topological polar surface area (TPSA) is 47.6 Å². The molecule has 80 valence electrons. The lowest BCUT2D eigenvalue weighted by Crippen LogP contribution is -2.20. The second-order valence-electron chi connectivity index (χ2n) is 3.15. The second kappa shape index (κ2) is 3.76. The Morgan fingerprint density at radius 2 is 2.40 bits per heavy atom. The van der Waals surface area contributed by atoms with Crippen LogP contribution in [0.5, 0.6) is 5.75 Å². The first-order valence-electron chi connectivity index (χ1n) is 4.48. The van der Waals surface area contributed by atoms with Gasteiger partial charge in [-0.1, -0.05) is 6.07 Å². The monoisotopic (exact) mass is 211 g/mol. The van der Waals surface area contributed by atoms with Crippen LogP contribution < -0.4 is 10.1 Å². The van der Waals surface area contributed by atoms with Gasteiger partial charge in [-0.3, -0.25) is 0 Å². The summed E-state index contributed by atoms with van der Waals surface area (Å²) in [6.07, 6.45) is -0.537. The summed E-state index contributed by atoms with van der Waals surface area (Å²) in [7, 11) is 1.45. The highest BCUT2D eigenvalue weighted by Gasteiger charge is 2.28. The van der Waals surface area contributed by atoms with Crippen molar-refractivity contribution in [2.24, 2.45) is 0 Å². The molecule has 0 saturated carbocycles. The smallest absolute Gasteiger partial charge is 0.407 e. The number of halogens is 1. The fraction of sp³-hybridized carbons (Fsp3) is 0.300. The van der Waals surface area contributed by atoms with Gasteiger partial charge in [-0.2, -0.15) is 0 Å². The van der Waals surface area contributed by atoms with Gasteiger partial charge in [-0.05, 0) is 12.1 Å². The Labute approximate surface area is 86.0 Å². The highest BCUT2D eigenvalue weighted by Crippen LogP contribution is 2.29. The second-order valence-corrected chi connectivity index (χ2v) is 3.15. The molecule has 1 saturated heterocycles. The van der Waals surface area contributed by atoms with Gasteiger partial charge in [0.1, 0.15) is 18.2 Å². The molecule has 0 aromatic heterocycles. The largest absolute Gasteiger partial charge is 0.496 e. The number of rotatable bonds is 2. The fourth-order valence-corrected chi connectivity index (χ4v) is 1.57. The van der Waals surface area contributed by atoms with Crippen LogP contribution in [-0.2, 0) is 4.74 Å². The van der Waals surface area contributed by atoms with Crippen LogP contribution in [0, 0.1) is 5.82 Å². The number of carbonyl (C=O) groups excluding carboxylic acids is 1. The summed E-state index contributed by atoms with van der Waals surface area (Å²) in [6.45, 7) is 0.121. The Morgan fingerprint density at radius 3 is 3.00 bits per heavy atom. The number of carbonyl (C=O) groups is 1. The molecule has 4 nitrogen and oxygen atoms in total. The van der Waals surface area contributed by atoms with Crippen LogP contribution >= 0.6 is 0 Å². The van der Waals surface area contributed by atoms with Crippen molar-refractivity contribution in [3.8, 4) is 5.75 Å². The molecule has 15 heavy (non-hydrogen) atoms. The number of hydrogen-bond acceptors (Lipinski definition) is 3. The molecule has 0 spiro atoms.